The van der Waals surface area contributed by atoms with Gasteiger partial charge >= 0.3 is 0 Å². The number of anilines is 9. The summed E-state index contributed by atoms with van der Waals surface area (Å²) in [7, 11) is 0. The first kappa shape index (κ1) is 30.7. The highest BCUT2D eigenvalue weighted by Gasteiger charge is 2.29. The molecule has 7 aromatic rings. The van der Waals surface area contributed by atoms with E-state index in [1.54, 1.807) is 23.5 Å². The molecule has 0 amide bonds. The fourth-order valence-electron chi connectivity index (χ4n) is 6.74. The Bertz CT molecular complexity index is 2270. The lowest BCUT2D eigenvalue weighted by molar-refractivity contribution is 1.14. The van der Waals surface area contributed by atoms with Gasteiger partial charge in [0.1, 0.15) is 0 Å². The molecule has 0 aromatic heterocycles. The van der Waals surface area contributed by atoms with Crippen LogP contribution in [-0.2, 0) is 0 Å². The molecule has 51 heavy (non-hydrogen) atoms. The van der Waals surface area contributed by atoms with Gasteiger partial charge in [0.25, 0.3) is 0 Å². The van der Waals surface area contributed by atoms with Gasteiger partial charge in [-0.1, -0.05) is 84.2 Å². The number of rotatable bonds is 5. The minimum atomic E-state index is 0.575. The third kappa shape index (κ3) is 5.46. The van der Waals surface area contributed by atoms with E-state index in [0.717, 1.165) is 51.2 Å². The maximum atomic E-state index is 9.63. The molecule has 0 bridgehead atoms. The molecule has 2 heterocycles. The molecule has 7 heteroatoms. The molecule has 2 aliphatic heterocycles. The molecule has 0 radical (unpaired) electrons. The van der Waals surface area contributed by atoms with Gasteiger partial charge in [-0.15, -0.1) is 0 Å². The SMILES string of the molecule is [C-]#[N+]c1ccc(N(c2ccc(C#N)cc2)c2cc(N3c4ccccc4Sc4ccccc43)cc(N3c4ccccc4Sc4ccccc43)c2)cc1. The van der Waals surface area contributed by atoms with Crippen molar-refractivity contribution < 1.29 is 0 Å². The Kier molecular flexibility index (Phi) is 7.71. The first-order chi connectivity index (χ1) is 25.2. The number of hydrogen-bond donors (Lipinski definition) is 0. The van der Waals surface area contributed by atoms with Crippen LogP contribution in [0.2, 0.25) is 0 Å². The molecule has 0 saturated carbocycles. The highest BCUT2D eigenvalue weighted by molar-refractivity contribution is 8.00. The van der Waals surface area contributed by atoms with Gasteiger partial charge in [-0.2, -0.15) is 5.26 Å². The van der Waals surface area contributed by atoms with Crippen LogP contribution in [0.1, 0.15) is 5.56 Å². The van der Waals surface area contributed by atoms with Crippen molar-refractivity contribution in [2.75, 3.05) is 14.7 Å². The maximum absolute atomic E-state index is 9.63. The van der Waals surface area contributed by atoms with Crippen molar-refractivity contribution in [1.29, 1.82) is 5.26 Å². The normalized spacial score (nSPS) is 12.4. The molecule has 0 atom stereocenters. The van der Waals surface area contributed by atoms with Crippen molar-refractivity contribution in [3.05, 3.63) is 181 Å². The van der Waals surface area contributed by atoms with Crippen molar-refractivity contribution in [2.45, 2.75) is 19.6 Å². The average molecular weight is 690 g/mol. The number of nitrogens with zero attached hydrogens (tertiary/aromatic N) is 5. The van der Waals surface area contributed by atoms with E-state index in [0.29, 0.717) is 11.3 Å². The van der Waals surface area contributed by atoms with Gasteiger partial charge in [0, 0.05) is 31.0 Å². The van der Waals surface area contributed by atoms with E-state index in [9.17, 15) is 5.26 Å². The molecule has 0 fully saturated rings. The van der Waals surface area contributed by atoms with Crippen molar-refractivity contribution >= 4 is 80.4 Å². The molecule has 9 rings (SSSR count). The third-order valence-corrected chi connectivity index (χ3v) is 11.3. The standard InChI is InChI=1S/C44H27N5S2/c1-46-31-20-24-33(25-21-31)47(32-22-18-30(29-45)19-23-32)34-26-35(48-37-10-2-6-14-41(37)50-42-15-7-3-11-38(42)48)28-36(27-34)49-39-12-4-8-16-43(39)51-44-17-9-5-13-40(44)49/h2-28H. The summed E-state index contributed by atoms with van der Waals surface area (Å²) in [6.45, 7) is 7.58. The third-order valence-electron chi connectivity index (χ3n) is 9.02. The Labute approximate surface area is 305 Å². The van der Waals surface area contributed by atoms with Gasteiger partial charge in [-0.3, -0.25) is 0 Å². The van der Waals surface area contributed by atoms with Crippen molar-refractivity contribution in [3.63, 3.8) is 0 Å². The zero-order valence-electron chi connectivity index (χ0n) is 27.1. The molecule has 0 aliphatic carbocycles. The van der Waals surface area contributed by atoms with Crippen LogP contribution in [0.3, 0.4) is 0 Å². The van der Waals surface area contributed by atoms with E-state index in [4.69, 9.17) is 6.57 Å². The monoisotopic (exact) mass is 689 g/mol. The molecule has 0 unspecified atom stereocenters. The highest BCUT2D eigenvalue weighted by atomic mass is 32.2. The average Bonchev–Trinajstić information content (AvgIpc) is 3.19. The van der Waals surface area contributed by atoms with E-state index >= 15 is 0 Å². The molecule has 5 nitrogen and oxygen atoms in total. The molecular weight excluding hydrogens is 663 g/mol. The quantitative estimate of drug-likeness (QED) is 0.167. The number of nitriles is 1. The number of benzene rings is 7. The summed E-state index contributed by atoms with van der Waals surface area (Å²) in [4.78, 5) is 15.3. The minimum Gasteiger partial charge on any atom is -0.310 e. The maximum Gasteiger partial charge on any atom is 0.187 e. The van der Waals surface area contributed by atoms with Gasteiger partial charge in [0.15, 0.2) is 5.69 Å². The second-order valence-electron chi connectivity index (χ2n) is 12.1. The Morgan fingerprint density at radius 2 is 0.882 bits per heavy atom. The molecule has 0 spiro atoms. The second kappa shape index (κ2) is 12.8. The molecular formula is C44H27N5S2. The topological polar surface area (TPSA) is 37.9 Å². The number of fused-ring (bicyclic) bond motifs is 4. The van der Waals surface area contributed by atoms with Crippen molar-refractivity contribution in [1.82, 2.24) is 0 Å². The predicted octanol–water partition coefficient (Wildman–Crippen LogP) is 13.4. The van der Waals surface area contributed by atoms with E-state index in [1.165, 1.54) is 19.6 Å². The summed E-state index contributed by atoms with van der Waals surface area (Å²) in [5.74, 6) is 0. The summed E-state index contributed by atoms with van der Waals surface area (Å²) in [6, 6.07) is 58.7. The predicted molar refractivity (Wildman–Crippen MR) is 210 cm³/mol. The summed E-state index contributed by atoms with van der Waals surface area (Å²) in [6.07, 6.45) is 0. The van der Waals surface area contributed by atoms with Crippen LogP contribution in [0, 0.1) is 17.9 Å². The lowest BCUT2D eigenvalue weighted by atomic mass is 10.1. The minimum absolute atomic E-state index is 0.575. The molecule has 0 N–H and O–H groups in total. The first-order valence-corrected chi connectivity index (χ1v) is 18.1. The van der Waals surface area contributed by atoms with Gasteiger partial charge in [-0.05, 0) is 103 Å². The summed E-state index contributed by atoms with van der Waals surface area (Å²) >= 11 is 3.58. The van der Waals surface area contributed by atoms with Crippen LogP contribution >= 0.6 is 23.5 Å². The summed E-state index contributed by atoms with van der Waals surface area (Å²) in [5, 5.41) is 9.63. The smallest absolute Gasteiger partial charge is 0.187 e. The Morgan fingerprint density at radius 1 is 0.490 bits per heavy atom. The molecule has 240 valence electrons. The zero-order chi connectivity index (χ0) is 34.3. The lowest BCUT2D eigenvalue weighted by Crippen LogP contribution is -2.19. The molecule has 7 aromatic carbocycles. The second-order valence-corrected chi connectivity index (χ2v) is 14.2. The van der Waals surface area contributed by atoms with Crippen molar-refractivity contribution in [2.24, 2.45) is 0 Å². The van der Waals surface area contributed by atoms with Crippen LogP contribution in [0.25, 0.3) is 4.85 Å². The Morgan fingerprint density at radius 3 is 1.27 bits per heavy atom. The van der Waals surface area contributed by atoms with E-state index < -0.39 is 0 Å². The first-order valence-electron chi connectivity index (χ1n) is 16.4. The molecule has 2 aliphatic rings. The summed E-state index contributed by atoms with van der Waals surface area (Å²) in [5.41, 5.74) is 10.4. The van der Waals surface area contributed by atoms with Crippen LogP contribution in [-0.4, -0.2) is 0 Å². The van der Waals surface area contributed by atoms with E-state index in [1.807, 2.05) is 48.5 Å². The van der Waals surface area contributed by atoms with E-state index in [2.05, 4.69) is 141 Å². The van der Waals surface area contributed by atoms with Gasteiger partial charge in [0.2, 0.25) is 0 Å². The van der Waals surface area contributed by atoms with Gasteiger partial charge < -0.3 is 14.7 Å². The molecule has 0 saturated heterocycles. The highest BCUT2D eigenvalue weighted by Crippen LogP contribution is 2.55. The van der Waals surface area contributed by atoms with Gasteiger partial charge in [0.05, 0.1) is 58.0 Å². The van der Waals surface area contributed by atoms with Crippen molar-refractivity contribution in [3.8, 4) is 6.07 Å². The van der Waals surface area contributed by atoms with Gasteiger partial charge in [-0.25, -0.2) is 4.85 Å². The Balaban J connectivity index is 1.34. The van der Waals surface area contributed by atoms with Crippen LogP contribution < -0.4 is 14.7 Å². The fraction of sp³-hybridized carbons (Fsp3) is 0. The lowest BCUT2D eigenvalue weighted by Gasteiger charge is -2.37. The Hall–Kier alpha value is -6.38. The van der Waals surface area contributed by atoms with E-state index in [-0.39, 0.29) is 0 Å². The zero-order valence-corrected chi connectivity index (χ0v) is 28.8. The van der Waals surface area contributed by atoms with Crippen LogP contribution in [0.5, 0.6) is 0 Å². The number of hydrogen-bond acceptors (Lipinski definition) is 6. The summed E-state index contributed by atoms with van der Waals surface area (Å²) < 4.78 is 0. The van der Waals surface area contributed by atoms with Crippen LogP contribution in [0.4, 0.5) is 56.9 Å². The largest absolute Gasteiger partial charge is 0.310 e. The fourth-order valence-corrected chi connectivity index (χ4v) is 8.86. The van der Waals surface area contributed by atoms with Crippen LogP contribution in [0.15, 0.2) is 183 Å². The number of para-hydroxylation sites is 4.